The molecule has 13 aromatic rings. The van der Waals surface area contributed by atoms with Gasteiger partial charge in [-0.05, 0) is 119 Å². The Balaban J connectivity index is 1.10. The fraction of sp³-hybridized carbons (Fsp3) is 0. The molecular formula is C67H39N7. The first-order valence-corrected chi connectivity index (χ1v) is 24.3. The molecule has 10 aromatic carbocycles. The maximum atomic E-state index is 11.3. The fourth-order valence-corrected chi connectivity index (χ4v) is 10.6. The topological polar surface area (TPSA) is 107 Å². The van der Waals surface area contributed by atoms with Crippen LogP contribution in [0.1, 0.15) is 16.7 Å². The van der Waals surface area contributed by atoms with Crippen LogP contribution >= 0.6 is 0 Å². The number of para-hydroxylation sites is 2. The first-order valence-electron chi connectivity index (χ1n) is 24.3. The highest BCUT2D eigenvalue weighted by molar-refractivity contribution is 6.13. The molecule has 0 bridgehead atoms. The smallest absolute Gasteiger partial charge is 0.160 e. The van der Waals surface area contributed by atoms with Gasteiger partial charge in [0.1, 0.15) is 0 Å². The van der Waals surface area contributed by atoms with Crippen LogP contribution in [-0.2, 0) is 0 Å². The average Bonchev–Trinajstić information content (AvgIpc) is 3.99. The highest BCUT2D eigenvalue weighted by Gasteiger charge is 2.25. The van der Waals surface area contributed by atoms with Crippen LogP contribution < -0.4 is 0 Å². The molecular weight excluding hydrogens is 903 g/mol. The molecule has 0 amide bonds. The minimum Gasteiger partial charge on any atom is -0.309 e. The summed E-state index contributed by atoms with van der Waals surface area (Å²) in [7, 11) is 0. The summed E-state index contributed by atoms with van der Waals surface area (Å²) in [5.41, 5.74) is 17.4. The molecule has 3 heterocycles. The van der Waals surface area contributed by atoms with Crippen LogP contribution in [0.4, 0.5) is 0 Å². The number of rotatable bonds is 8. The van der Waals surface area contributed by atoms with Crippen molar-refractivity contribution in [2.75, 3.05) is 0 Å². The van der Waals surface area contributed by atoms with Crippen molar-refractivity contribution in [3.05, 3.63) is 253 Å². The van der Waals surface area contributed by atoms with Crippen LogP contribution in [-0.4, -0.2) is 19.1 Å². The number of hydrogen-bond acceptors (Lipinski definition) is 5. The van der Waals surface area contributed by atoms with Crippen LogP contribution in [0.15, 0.2) is 237 Å². The third-order valence-electron chi connectivity index (χ3n) is 14.1. The first kappa shape index (κ1) is 43.4. The number of benzene rings is 10. The second-order valence-electron chi connectivity index (χ2n) is 18.3. The minimum atomic E-state index is 0.508. The first-order chi connectivity index (χ1) is 36.5. The van der Waals surface area contributed by atoms with Gasteiger partial charge in [-0.2, -0.15) is 15.8 Å². The quantitative estimate of drug-likeness (QED) is 0.151. The summed E-state index contributed by atoms with van der Waals surface area (Å²) in [4.78, 5) is 10.6. The Kier molecular flexibility index (Phi) is 10.5. The summed E-state index contributed by atoms with van der Waals surface area (Å²) in [5, 5.41) is 34.7. The van der Waals surface area contributed by atoms with Gasteiger partial charge < -0.3 is 9.13 Å². The Morgan fingerprint density at radius 1 is 0.311 bits per heavy atom. The molecule has 0 fully saturated rings. The van der Waals surface area contributed by atoms with Crippen molar-refractivity contribution in [2.45, 2.75) is 0 Å². The molecule has 3 aromatic heterocycles. The van der Waals surface area contributed by atoms with Crippen LogP contribution in [0.2, 0.25) is 0 Å². The van der Waals surface area contributed by atoms with Crippen LogP contribution in [0, 0.1) is 34.0 Å². The zero-order chi connectivity index (χ0) is 49.7. The van der Waals surface area contributed by atoms with Gasteiger partial charge in [0.25, 0.3) is 0 Å². The molecule has 0 spiro atoms. The van der Waals surface area contributed by atoms with E-state index in [1.165, 1.54) is 0 Å². The van der Waals surface area contributed by atoms with E-state index in [0.29, 0.717) is 22.5 Å². The van der Waals surface area contributed by atoms with Crippen LogP contribution in [0.25, 0.3) is 122 Å². The molecule has 0 saturated carbocycles. The predicted molar refractivity (Wildman–Crippen MR) is 297 cm³/mol. The van der Waals surface area contributed by atoms with Gasteiger partial charge in [-0.15, -0.1) is 0 Å². The largest absolute Gasteiger partial charge is 0.309 e. The van der Waals surface area contributed by atoms with Crippen molar-refractivity contribution in [1.29, 1.82) is 15.8 Å². The van der Waals surface area contributed by atoms with Gasteiger partial charge in [0.2, 0.25) is 0 Å². The molecule has 0 aliphatic carbocycles. The molecule has 0 N–H and O–H groups in total. The van der Waals surface area contributed by atoms with Crippen molar-refractivity contribution in [3.63, 3.8) is 0 Å². The predicted octanol–water partition coefficient (Wildman–Crippen LogP) is 16.3. The van der Waals surface area contributed by atoms with Gasteiger partial charge in [-0.25, -0.2) is 9.97 Å². The monoisotopic (exact) mass is 941 g/mol. The number of fused-ring (bicyclic) bond motifs is 6. The SMILES string of the molecule is N#Cc1ccc(-c2ccc3c(c2)c2ccccc2n3-c2ccc(-c3nc(-c4ccccc4)cc(-c4ccccc4)n3)cc2-c2c(C#N)cccc2-n2c3ccccc3c3cc(-c4ccc(C#N)cc4)ccc32)cc1. The van der Waals surface area contributed by atoms with E-state index in [-0.39, 0.29) is 0 Å². The van der Waals surface area contributed by atoms with Crippen molar-refractivity contribution in [2.24, 2.45) is 0 Å². The maximum absolute atomic E-state index is 11.3. The summed E-state index contributed by atoms with van der Waals surface area (Å²) >= 11 is 0. The van der Waals surface area contributed by atoms with E-state index in [0.717, 1.165) is 116 Å². The molecule has 7 heteroatoms. The molecule has 0 saturated heterocycles. The zero-order valence-corrected chi connectivity index (χ0v) is 39.6. The summed E-state index contributed by atoms with van der Waals surface area (Å²) in [6, 6.07) is 87.3. The molecule has 7 nitrogen and oxygen atoms in total. The third-order valence-corrected chi connectivity index (χ3v) is 14.1. The lowest BCUT2D eigenvalue weighted by molar-refractivity contribution is 1.15. The lowest BCUT2D eigenvalue weighted by Gasteiger charge is -2.21. The number of nitriles is 3. The Morgan fingerprint density at radius 2 is 0.770 bits per heavy atom. The minimum absolute atomic E-state index is 0.508. The van der Waals surface area contributed by atoms with E-state index < -0.39 is 0 Å². The lowest BCUT2D eigenvalue weighted by atomic mass is 9.94. The zero-order valence-electron chi connectivity index (χ0n) is 39.6. The third kappa shape index (κ3) is 7.35. The van der Waals surface area contributed by atoms with E-state index in [9.17, 15) is 15.8 Å². The average molecular weight is 942 g/mol. The van der Waals surface area contributed by atoms with Gasteiger partial charge >= 0.3 is 0 Å². The summed E-state index contributed by atoms with van der Waals surface area (Å²) in [6.07, 6.45) is 0. The molecule has 74 heavy (non-hydrogen) atoms. The van der Waals surface area contributed by atoms with Crippen molar-refractivity contribution >= 4 is 43.6 Å². The number of nitrogens with zero attached hydrogens (tertiary/aromatic N) is 7. The lowest BCUT2D eigenvalue weighted by Crippen LogP contribution is -2.04. The van der Waals surface area contributed by atoms with Crippen molar-refractivity contribution < 1.29 is 0 Å². The standard InChI is InChI=1S/C67H39N7/c68-40-43-22-26-45(27-23-43)49-30-33-62-55(36-49)53-17-7-9-19-60(53)73(62)64-35-32-51(67-71-58(47-12-3-1-4-13-47)39-59(72-67)48-14-5-2-6-15-48)38-57(64)66-52(42-70)16-11-21-65(66)74-61-20-10-8-18-54(61)56-37-50(31-34-63(56)74)46-28-24-44(41-69)25-29-46/h1-39H. The number of hydrogen-bond donors (Lipinski definition) is 0. The van der Waals surface area contributed by atoms with E-state index >= 15 is 0 Å². The van der Waals surface area contributed by atoms with E-state index in [1.54, 1.807) is 0 Å². The Bertz CT molecular complexity index is 4430. The molecule has 0 atom stereocenters. The molecule has 0 aliphatic heterocycles. The highest BCUT2D eigenvalue weighted by Crippen LogP contribution is 2.45. The normalized spacial score (nSPS) is 11.2. The summed E-state index contributed by atoms with van der Waals surface area (Å²) in [6.45, 7) is 0. The van der Waals surface area contributed by atoms with E-state index in [4.69, 9.17) is 9.97 Å². The highest BCUT2D eigenvalue weighted by atomic mass is 15.0. The van der Waals surface area contributed by atoms with Gasteiger partial charge in [0.15, 0.2) is 5.82 Å². The second kappa shape index (κ2) is 17.9. The van der Waals surface area contributed by atoms with Gasteiger partial charge in [-0.3, -0.25) is 0 Å². The molecule has 342 valence electrons. The molecule has 0 unspecified atom stereocenters. The van der Waals surface area contributed by atoms with Crippen LogP contribution in [0.3, 0.4) is 0 Å². The second-order valence-corrected chi connectivity index (χ2v) is 18.3. The van der Waals surface area contributed by atoms with Gasteiger partial charge in [0.05, 0.1) is 79.7 Å². The Morgan fingerprint density at radius 3 is 1.28 bits per heavy atom. The van der Waals surface area contributed by atoms with Gasteiger partial charge in [0, 0.05) is 49.4 Å². The van der Waals surface area contributed by atoms with E-state index in [1.807, 2.05) is 103 Å². The van der Waals surface area contributed by atoms with Crippen LogP contribution in [0.5, 0.6) is 0 Å². The number of aromatic nitrogens is 4. The molecule has 13 rings (SSSR count). The molecule has 0 aliphatic rings. The van der Waals surface area contributed by atoms with E-state index in [2.05, 4.69) is 161 Å². The Labute approximate surface area is 426 Å². The molecule has 0 radical (unpaired) electrons. The maximum Gasteiger partial charge on any atom is 0.160 e. The summed E-state index contributed by atoms with van der Waals surface area (Å²) < 4.78 is 4.60. The van der Waals surface area contributed by atoms with Crippen molar-refractivity contribution in [3.8, 4) is 96.9 Å². The van der Waals surface area contributed by atoms with Crippen molar-refractivity contribution in [1.82, 2.24) is 19.1 Å². The fourth-order valence-electron chi connectivity index (χ4n) is 10.6. The van der Waals surface area contributed by atoms with Gasteiger partial charge in [-0.1, -0.05) is 140 Å². The summed E-state index contributed by atoms with van der Waals surface area (Å²) in [5.74, 6) is 0.551. The Hall–Kier alpha value is -10.7.